The highest BCUT2D eigenvalue weighted by molar-refractivity contribution is 9.10. The van der Waals surface area contributed by atoms with Crippen LogP contribution in [0.25, 0.3) is 0 Å². The van der Waals surface area contributed by atoms with Crippen LogP contribution in [0.4, 0.5) is 0 Å². The predicted octanol–water partition coefficient (Wildman–Crippen LogP) is 7.99. The third-order valence-electron chi connectivity index (χ3n) is 6.27. The van der Waals surface area contributed by atoms with Crippen LogP contribution >= 0.6 is 39.1 Å². The third-order valence-corrected chi connectivity index (χ3v) is 7.48. The quantitative estimate of drug-likeness (QED) is 0.256. The van der Waals surface area contributed by atoms with Crippen LogP contribution in [0.2, 0.25) is 10.0 Å². The molecule has 0 spiro atoms. The van der Waals surface area contributed by atoms with Crippen molar-refractivity contribution in [3.8, 4) is 5.75 Å². The lowest BCUT2D eigenvalue weighted by Crippen LogP contribution is -2.55. The molecule has 0 aliphatic carbocycles. The zero-order chi connectivity index (χ0) is 29.7. The van der Waals surface area contributed by atoms with Gasteiger partial charge >= 0.3 is 0 Å². The van der Waals surface area contributed by atoms with E-state index in [1.165, 1.54) is 0 Å². The maximum absolute atomic E-state index is 13.9. The Morgan fingerprint density at radius 2 is 1.62 bits per heavy atom. The number of nitrogens with one attached hydrogen (secondary N) is 1. The van der Waals surface area contributed by atoms with Crippen molar-refractivity contribution in [2.75, 3.05) is 6.61 Å². The Hall–Kier alpha value is -2.54. The molecule has 0 heterocycles. The van der Waals surface area contributed by atoms with E-state index in [-0.39, 0.29) is 30.4 Å². The van der Waals surface area contributed by atoms with E-state index in [1.54, 1.807) is 23.1 Å². The minimum absolute atomic E-state index is 0.0312. The SMILES string of the molecule is CC(C)(C)NC(=O)[C@H](Cc1ccccc1)N(Cc1ccc(Cl)cc1Cl)C(=O)COc1ccc(C(C)(C)C)cc1Br. The average molecular weight is 648 g/mol. The van der Waals surface area contributed by atoms with Gasteiger partial charge in [-0.25, -0.2) is 0 Å². The Kier molecular flexibility index (Phi) is 10.7. The summed E-state index contributed by atoms with van der Waals surface area (Å²) in [7, 11) is 0. The summed E-state index contributed by atoms with van der Waals surface area (Å²) in [6.07, 6.45) is 0.323. The van der Waals surface area contributed by atoms with Crippen molar-refractivity contribution >= 4 is 50.9 Å². The molecule has 5 nitrogen and oxygen atoms in total. The number of hydrogen-bond donors (Lipinski definition) is 1. The van der Waals surface area contributed by atoms with Crippen LogP contribution in [0.3, 0.4) is 0 Å². The molecule has 214 valence electrons. The van der Waals surface area contributed by atoms with Gasteiger partial charge in [0.2, 0.25) is 5.91 Å². The van der Waals surface area contributed by atoms with Crippen LogP contribution in [-0.4, -0.2) is 34.9 Å². The third kappa shape index (κ3) is 9.25. The normalized spacial score (nSPS) is 12.5. The first kappa shape index (κ1) is 32.0. The van der Waals surface area contributed by atoms with E-state index >= 15 is 0 Å². The number of ether oxygens (including phenoxy) is 1. The number of halogens is 3. The average Bonchev–Trinajstić information content (AvgIpc) is 2.85. The van der Waals surface area contributed by atoms with E-state index < -0.39 is 11.6 Å². The summed E-state index contributed by atoms with van der Waals surface area (Å²) in [5.41, 5.74) is 2.22. The molecule has 2 amide bonds. The highest BCUT2D eigenvalue weighted by atomic mass is 79.9. The van der Waals surface area contributed by atoms with Crippen LogP contribution in [0, 0.1) is 0 Å². The van der Waals surface area contributed by atoms with Crippen molar-refractivity contribution in [2.24, 2.45) is 0 Å². The minimum atomic E-state index is -0.809. The van der Waals surface area contributed by atoms with E-state index in [9.17, 15) is 9.59 Å². The molecule has 3 aromatic carbocycles. The summed E-state index contributed by atoms with van der Waals surface area (Å²) in [6, 6.07) is 19.8. The number of carbonyl (C=O) groups is 2. The fraction of sp³-hybridized carbons (Fsp3) is 0.375. The Labute approximate surface area is 256 Å². The van der Waals surface area contributed by atoms with Crippen LogP contribution in [0.1, 0.15) is 58.2 Å². The summed E-state index contributed by atoms with van der Waals surface area (Å²) in [4.78, 5) is 29.1. The number of carbonyl (C=O) groups excluding carboxylic acids is 2. The molecule has 1 atom stereocenters. The van der Waals surface area contributed by atoms with Gasteiger partial charge < -0.3 is 15.0 Å². The molecule has 0 saturated carbocycles. The van der Waals surface area contributed by atoms with Crippen molar-refractivity contribution in [2.45, 2.75) is 71.5 Å². The second-order valence-electron chi connectivity index (χ2n) is 11.9. The Balaban J connectivity index is 1.96. The number of rotatable bonds is 9. The summed E-state index contributed by atoms with van der Waals surface area (Å²) < 4.78 is 6.75. The van der Waals surface area contributed by atoms with E-state index in [0.717, 1.165) is 15.6 Å². The van der Waals surface area contributed by atoms with Crippen LogP contribution in [0.15, 0.2) is 71.2 Å². The number of amides is 2. The topological polar surface area (TPSA) is 58.6 Å². The first-order valence-corrected chi connectivity index (χ1v) is 14.7. The minimum Gasteiger partial charge on any atom is -0.483 e. The largest absolute Gasteiger partial charge is 0.483 e. The van der Waals surface area contributed by atoms with Crippen molar-refractivity contribution in [3.63, 3.8) is 0 Å². The molecule has 0 aliphatic heterocycles. The lowest BCUT2D eigenvalue weighted by Gasteiger charge is -2.34. The molecule has 0 aliphatic rings. The summed E-state index contributed by atoms with van der Waals surface area (Å²) in [6.45, 7) is 12.0. The molecule has 0 fully saturated rings. The van der Waals surface area contributed by atoms with E-state index in [2.05, 4.69) is 42.0 Å². The summed E-state index contributed by atoms with van der Waals surface area (Å²) in [5.74, 6) is -0.0575. The Bertz CT molecular complexity index is 1330. The molecule has 0 aromatic heterocycles. The van der Waals surface area contributed by atoms with Crippen molar-refractivity contribution in [1.82, 2.24) is 10.2 Å². The van der Waals surface area contributed by atoms with Crippen molar-refractivity contribution in [3.05, 3.63) is 97.9 Å². The van der Waals surface area contributed by atoms with Gasteiger partial charge in [-0.3, -0.25) is 9.59 Å². The fourth-order valence-corrected chi connectivity index (χ4v) is 5.11. The molecule has 0 bridgehead atoms. The molecular formula is C32H37BrCl2N2O3. The monoisotopic (exact) mass is 646 g/mol. The fourth-order valence-electron chi connectivity index (χ4n) is 4.15. The highest BCUT2D eigenvalue weighted by Crippen LogP contribution is 2.32. The van der Waals surface area contributed by atoms with Gasteiger partial charge in [0.25, 0.3) is 5.91 Å². The molecule has 0 unspecified atom stereocenters. The van der Waals surface area contributed by atoms with Crippen molar-refractivity contribution in [1.29, 1.82) is 0 Å². The van der Waals surface area contributed by atoms with E-state index in [0.29, 0.717) is 27.8 Å². The molecule has 3 rings (SSSR count). The van der Waals surface area contributed by atoms with Gasteiger partial charge in [0, 0.05) is 28.5 Å². The van der Waals surface area contributed by atoms with Gasteiger partial charge in [0.1, 0.15) is 11.8 Å². The Morgan fingerprint density at radius 1 is 0.950 bits per heavy atom. The van der Waals surface area contributed by atoms with Gasteiger partial charge in [-0.2, -0.15) is 0 Å². The first-order chi connectivity index (χ1) is 18.6. The van der Waals surface area contributed by atoms with E-state index in [4.69, 9.17) is 27.9 Å². The molecule has 40 heavy (non-hydrogen) atoms. The summed E-state index contributed by atoms with van der Waals surface area (Å²) >= 11 is 16.2. The first-order valence-electron chi connectivity index (χ1n) is 13.2. The van der Waals surface area contributed by atoms with Gasteiger partial charge in [0.15, 0.2) is 6.61 Å². The zero-order valence-corrected chi connectivity index (χ0v) is 27.0. The van der Waals surface area contributed by atoms with E-state index in [1.807, 2.05) is 69.3 Å². The zero-order valence-electron chi connectivity index (χ0n) is 23.9. The molecule has 3 aromatic rings. The molecule has 8 heteroatoms. The maximum atomic E-state index is 13.9. The molecule has 1 N–H and O–H groups in total. The molecule has 0 saturated heterocycles. The summed E-state index contributed by atoms with van der Waals surface area (Å²) in [5, 5.41) is 3.96. The highest BCUT2D eigenvalue weighted by Gasteiger charge is 2.33. The van der Waals surface area contributed by atoms with Crippen LogP contribution in [0.5, 0.6) is 5.75 Å². The maximum Gasteiger partial charge on any atom is 0.261 e. The molecular weight excluding hydrogens is 611 g/mol. The second kappa shape index (κ2) is 13.4. The molecule has 0 radical (unpaired) electrons. The van der Waals surface area contributed by atoms with Gasteiger partial charge in [-0.15, -0.1) is 0 Å². The standard InChI is InChI=1S/C32H37BrCl2N2O3/c1-31(2,3)23-13-15-28(25(33)17-23)40-20-29(38)37(19-22-12-14-24(34)18-26(22)35)27(30(39)36-32(4,5)6)16-21-10-8-7-9-11-21/h7-15,17-18,27H,16,19-20H2,1-6H3,(H,36,39)/t27-/m0/s1. The smallest absolute Gasteiger partial charge is 0.261 e. The van der Waals surface area contributed by atoms with Crippen LogP contribution < -0.4 is 10.1 Å². The number of benzene rings is 3. The van der Waals surface area contributed by atoms with Gasteiger partial charge in [-0.1, -0.05) is 86.4 Å². The van der Waals surface area contributed by atoms with Crippen LogP contribution in [-0.2, 0) is 28.0 Å². The van der Waals surface area contributed by atoms with Gasteiger partial charge in [-0.05, 0) is 83.1 Å². The Morgan fingerprint density at radius 3 is 2.20 bits per heavy atom. The van der Waals surface area contributed by atoms with Crippen molar-refractivity contribution < 1.29 is 14.3 Å². The lowest BCUT2D eigenvalue weighted by atomic mass is 9.87. The van der Waals surface area contributed by atoms with Gasteiger partial charge in [0.05, 0.1) is 4.47 Å². The number of nitrogens with zero attached hydrogens (tertiary/aromatic N) is 1. The number of hydrogen-bond acceptors (Lipinski definition) is 3. The second-order valence-corrected chi connectivity index (χ2v) is 13.6. The lowest BCUT2D eigenvalue weighted by molar-refractivity contribution is -0.143. The predicted molar refractivity (Wildman–Crippen MR) is 167 cm³/mol.